The van der Waals surface area contributed by atoms with Crippen molar-refractivity contribution in [3.63, 3.8) is 0 Å². The Bertz CT molecular complexity index is 1460. The number of aliphatic imine (C=N–C) groups is 1. The smallest absolute Gasteiger partial charge is 0.208 e. The van der Waals surface area contributed by atoms with Gasteiger partial charge in [-0.15, -0.1) is 16.6 Å². The molecule has 0 radical (unpaired) electrons. The van der Waals surface area contributed by atoms with E-state index >= 15 is 0 Å². The molecule has 6 rings (SSSR count). The average molecular weight is 765 g/mol. The van der Waals surface area contributed by atoms with Crippen LogP contribution in [-0.4, -0.2) is 93.2 Å². The number of aryl methyl sites for hydroxylation is 1. The molecule has 1 aromatic carbocycles. The molecule has 0 amide bonds. The molecule has 7 atom stereocenters. The van der Waals surface area contributed by atoms with Crippen molar-refractivity contribution in [2.75, 3.05) is 32.9 Å². The Hall–Kier alpha value is -2.57. The predicted molar refractivity (Wildman–Crippen MR) is 217 cm³/mol. The molecule has 3 saturated carbocycles. The van der Waals surface area contributed by atoms with Crippen LogP contribution in [0.1, 0.15) is 122 Å². The summed E-state index contributed by atoms with van der Waals surface area (Å²) in [6.45, 7) is 3.40. The molecule has 306 valence electrons. The number of rotatable bonds is 22. The van der Waals surface area contributed by atoms with E-state index in [2.05, 4.69) is 11.4 Å². The number of fused-ring (bicyclic) bond motifs is 3. The summed E-state index contributed by atoms with van der Waals surface area (Å²) in [5.74, 6) is 3.25. The number of phenolic OH excluding ortho intramolecular Hbond substituents is 1. The lowest BCUT2D eigenvalue weighted by Crippen LogP contribution is -2.38. The molecule has 10 nitrogen and oxygen atoms in total. The molecule has 2 aliphatic heterocycles. The van der Waals surface area contributed by atoms with Crippen molar-refractivity contribution in [1.29, 1.82) is 0 Å². The van der Waals surface area contributed by atoms with Gasteiger partial charge in [-0.2, -0.15) is 0 Å². The minimum Gasteiger partial charge on any atom is -0.504 e. The van der Waals surface area contributed by atoms with Crippen LogP contribution in [0, 0.1) is 35.2 Å². The first kappa shape index (κ1) is 42.0. The third kappa shape index (κ3) is 10.9. The first-order chi connectivity index (χ1) is 26.7. The highest BCUT2D eigenvalue weighted by atomic mass is 16.5. The molecular weight excluding hydrogens is 695 g/mol. The maximum absolute atomic E-state index is 11.4. The lowest BCUT2D eigenvalue weighted by Gasteiger charge is -2.37. The molecule has 9 N–H and O–H groups in total. The van der Waals surface area contributed by atoms with Crippen LogP contribution in [0.3, 0.4) is 0 Å². The Balaban J connectivity index is 1.00. The summed E-state index contributed by atoms with van der Waals surface area (Å²) in [6, 6.07) is 5.57. The van der Waals surface area contributed by atoms with Crippen molar-refractivity contribution >= 4 is 5.71 Å². The van der Waals surface area contributed by atoms with Gasteiger partial charge in [0.25, 0.3) is 0 Å². The van der Waals surface area contributed by atoms with E-state index in [1.807, 2.05) is 25.1 Å². The molecule has 0 saturated heterocycles. The Labute approximate surface area is 329 Å². The summed E-state index contributed by atoms with van der Waals surface area (Å²) < 4.78 is 11.0. The SMILES string of the molecule is CC(O)CNCC1[C+]2C=C(C(O)COc3cc(CC[C-]4C=C(CO)C(CCCCCCC(N)CCCO)[OH+]4)ccc3O)N=C2CC2(CCCC2)C2CCCC12. The van der Waals surface area contributed by atoms with Crippen molar-refractivity contribution in [2.45, 2.75) is 147 Å². The fraction of sp³-hybridized carbons (Fsp3) is 0.711. The van der Waals surface area contributed by atoms with Crippen LogP contribution in [-0.2, 0) is 6.42 Å². The van der Waals surface area contributed by atoms with Crippen molar-refractivity contribution < 1.29 is 35.0 Å². The normalized spacial score (nSPS) is 26.0. The van der Waals surface area contributed by atoms with Crippen molar-refractivity contribution in [1.82, 2.24) is 5.32 Å². The Morgan fingerprint density at radius 1 is 1.07 bits per heavy atom. The largest absolute Gasteiger partial charge is 0.504 e. The quantitative estimate of drug-likeness (QED) is 0.0445. The second kappa shape index (κ2) is 20.2. The zero-order valence-electron chi connectivity index (χ0n) is 33.3. The first-order valence-corrected chi connectivity index (χ1v) is 21.6. The first-order valence-electron chi connectivity index (χ1n) is 21.6. The molecule has 5 aliphatic rings. The number of aliphatic hydroxyl groups excluding tert-OH is 4. The van der Waals surface area contributed by atoms with Gasteiger partial charge >= 0.3 is 0 Å². The molecule has 0 bridgehead atoms. The van der Waals surface area contributed by atoms with Crippen LogP contribution < -0.4 is 15.8 Å². The number of allylic oxidation sites excluding steroid dienone is 1. The van der Waals surface area contributed by atoms with E-state index in [-0.39, 0.29) is 37.7 Å². The van der Waals surface area contributed by atoms with Crippen LogP contribution in [0.15, 0.2) is 46.6 Å². The van der Waals surface area contributed by atoms with E-state index in [0.717, 1.165) is 93.7 Å². The summed E-state index contributed by atoms with van der Waals surface area (Å²) in [5.41, 5.74) is 10.2. The molecule has 3 fully saturated rings. The maximum Gasteiger partial charge on any atom is 0.208 e. The van der Waals surface area contributed by atoms with Gasteiger partial charge in [-0.1, -0.05) is 44.6 Å². The molecular formula is C45H70N3O7+. The second-order valence-corrected chi connectivity index (χ2v) is 17.4. The number of unbranched alkanes of at least 4 members (excludes halogenated alkanes) is 3. The maximum atomic E-state index is 11.4. The van der Waals surface area contributed by atoms with Crippen LogP contribution in [0.5, 0.6) is 11.5 Å². The summed E-state index contributed by atoms with van der Waals surface area (Å²) in [7, 11) is 0. The summed E-state index contributed by atoms with van der Waals surface area (Å²) in [4.78, 5) is 5.12. The lowest BCUT2D eigenvalue weighted by molar-refractivity contribution is -0.0552. The lowest BCUT2D eigenvalue weighted by atomic mass is 9.66. The van der Waals surface area contributed by atoms with Gasteiger partial charge in [0, 0.05) is 45.2 Å². The number of nitrogens with zero attached hydrogens (tertiary/aromatic N) is 1. The highest BCUT2D eigenvalue weighted by Gasteiger charge is 2.58. The van der Waals surface area contributed by atoms with E-state index in [9.17, 15) is 20.4 Å². The van der Waals surface area contributed by atoms with E-state index in [0.29, 0.717) is 47.6 Å². The van der Waals surface area contributed by atoms with Gasteiger partial charge in [0.1, 0.15) is 30.4 Å². The predicted octanol–water partition coefficient (Wildman–Crippen LogP) is 5.75. The highest BCUT2D eigenvalue weighted by molar-refractivity contribution is 6.03. The van der Waals surface area contributed by atoms with Crippen LogP contribution in [0.2, 0.25) is 0 Å². The fourth-order valence-corrected chi connectivity index (χ4v) is 10.5. The second-order valence-electron chi connectivity index (χ2n) is 17.4. The average Bonchev–Trinajstić information content (AvgIpc) is 4.00. The molecule has 55 heavy (non-hydrogen) atoms. The van der Waals surface area contributed by atoms with Gasteiger partial charge in [0.15, 0.2) is 17.6 Å². The van der Waals surface area contributed by atoms with Gasteiger partial charge in [-0.3, -0.25) is 0 Å². The van der Waals surface area contributed by atoms with E-state index in [1.54, 1.807) is 6.07 Å². The summed E-state index contributed by atoms with van der Waals surface area (Å²) in [5, 5.41) is 54.7. The number of phenols is 1. The Kier molecular flexibility index (Phi) is 15.5. The van der Waals surface area contributed by atoms with E-state index in [4.69, 9.17) is 25.3 Å². The van der Waals surface area contributed by atoms with Crippen molar-refractivity contribution in [2.24, 2.45) is 33.9 Å². The minimum atomic E-state index is -0.929. The van der Waals surface area contributed by atoms with Gasteiger partial charge < -0.3 is 46.1 Å². The van der Waals surface area contributed by atoms with Crippen LogP contribution >= 0.6 is 0 Å². The molecule has 7 unspecified atom stereocenters. The van der Waals surface area contributed by atoms with Crippen molar-refractivity contribution in [3.8, 4) is 11.5 Å². The third-order valence-electron chi connectivity index (χ3n) is 13.3. The van der Waals surface area contributed by atoms with Gasteiger partial charge in [-0.25, -0.2) is 0 Å². The third-order valence-corrected chi connectivity index (χ3v) is 13.3. The molecule has 2 heterocycles. The number of aromatic hydroxyl groups is 1. The van der Waals surface area contributed by atoms with Gasteiger partial charge in [0.05, 0.1) is 18.1 Å². The monoisotopic (exact) mass is 765 g/mol. The van der Waals surface area contributed by atoms with Crippen LogP contribution in [0.25, 0.3) is 0 Å². The standard InChI is InChI=1S/C45H69N3O7/c1-30(51)26-47-27-37-35-12-8-13-38(35)45(19-6-7-20-45)25-40-36(37)24-39(48-40)42(53)29-54-44-22-31(16-18-41(44)52)15-17-34-23-32(28-50)43(55-34)14-5-3-2-4-10-33(46)11-9-21-49/h16,18,22-24,30,33,35,37-38,42-43,47,49-51,53,55H,2-15,17,19-21,25-29,46H2,1H3/p+1. The van der Waals surface area contributed by atoms with Gasteiger partial charge in [0.2, 0.25) is 5.70 Å². The van der Waals surface area contributed by atoms with Crippen molar-refractivity contribution in [3.05, 3.63) is 59.2 Å². The fourth-order valence-electron chi connectivity index (χ4n) is 10.5. The molecule has 10 heteroatoms. The number of nitrogens with one attached hydrogen (secondary N) is 1. The van der Waals surface area contributed by atoms with E-state index < -0.39 is 12.2 Å². The number of aliphatic hydroxyl groups is 6. The number of ether oxygens (including phenoxy) is 2. The Morgan fingerprint density at radius 3 is 2.65 bits per heavy atom. The Morgan fingerprint density at radius 2 is 1.87 bits per heavy atom. The van der Waals surface area contributed by atoms with Crippen LogP contribution in [0.4, 0.5) is 0 Å². The number of nitrogens with two attached hydrogens (primary N) is 1. The van der Waals surface area contributed by atoms with Gasteiger partial charge in [-0.05, 0) is 106 Å². The highest BCUT2D eigenvalue weighted by Crippen LogP contribution is 2.61. The topological polar surface area (TPSA) is 174 Å². The molecule has 1 aromatic rings. The molecule has 0 aromatic heterocycles. The minimum absolute atomic E-state index is 0.0114. The zero-order chi connectivity index (χ0) is 38.8. The number of benzene rings is 1. The molecule has 3 aliphatic carbocycles. The molecule has 1 spiro atoms. The van der Waals surface area contributed by atoms with E-state index in [1.165, 1.54) is 50.9 Å². The zero-order valence-corrected chi connectivity index (χ0v) is 33.3. The number of hydrogen-bond donors (Lipinski definition) is 7. The number of hydrogen-bond acceptors (Lipinski definition) is 9. The summed E-state index contributed by atoms with van der Waals surface area (Å²) >= 11 is 0. The summed E-state index contributed by atoms with van der Waals surface area (Å²) in [6.07, 6.45) is 23.2.